The van der Waals surface area contributed by atoms with Crippen LogP contribution in [0.15, 0.2) is 194 Å². The number of halogens is 4. The first-order valence-electron chi connectivity index (χ1n) is 48.8. The zero-order chi connectivity index (χ0) is 89.4. The maximum atomic E-state index is 14.7. The van der Waals surface area contributed by atoms with Gasteiger partial charge in [-0.1, -0.05) is 198 Å². The Morgan fingerprint density at radius 1 is 0.242 bits per heavy atom. The van der Waals surface area contributed by atoms with E-state index in [0.29, 0.717) is 22.3 Å². The van der Waals surface area contributed by atoms with Gasteiger partial charge in [-0.25, -0.2) is 17.6 Å². The third-order valence-electron chi connectivity index (χ3n) is 29.6. The molecule has 4 saturated carbocycles. The Balaban J connectivity index is 0.000000146. The van der Waals surface area contributed by atoms with Gasteiger partial charge in [-0.15, -0.1) is 0 Å². The number of benzene rings is 8. The van der Waals surface area contributed by atoms with Crippen molar-refractivity contribution in [2.45, 2.75) is 202 Å². The van der Waals surface area contributed by atoms with Crippen molar-refractivity contribution >= 4 is 22.7 Å². The van der Waals surface area contributed by atoms with Crippen LogP contribution < -0.4 is 38.5 Å². The van der Waals surface area contributed by atoms with Crippen molar-refractivity contribution in [3.05, 3.63) is 240 Å². The fourth-order valence-corrected chi connectivity index (χ4v) is 22.1. The van der Waals surface area contributed by atoms with Crippen molar-refractivity contribution in [1.82, 2.24) is 19.6 Å². The predicted octanol–water partition coefficient (Wildman–Crippen LogP) is 20.3. The highest BCUT2D eigenvalue weighted by Crippen LogP contribution is 2.43. The molecule has 16 rings (SSSR count). The summed E-state index contributed by atoms with van der Waals surface area (Å²) in [5, 5.41) is 45.1. The van der Waals surface area contributed by atoms with Gasteiger partial charge in [-0.3, -0.25) is 19.6 Å². The Labute approximate surface area is 762 Å². The second kappa shape index (κ2) is 50.8. The number of aliphatic hydroxyl groups excluding tert-OH is 4. The lowest BCUT2D eigenvalue weighted by atomic mass is 9.77. The summed E-state index contributed by atoms with van der Waals surface area (Å²) in [6.07, 6.45) is 24.2. The standard InChI is InChI=1S/4C27H37FN2O2/c4*1-32-26-14-8-7-13-25(26)30-19-17-29(18-20-30)16-15-23(22-11-5-6-12-24(22)28)27(31)21-9-3-2-4-10-21/h4*5-8,11-14,21,23,27,31H,2-4,9-10,15-20H2,1H3/t2*23-,27+;2*23-,27-/m1110/s1. The number of hydrogen-bond donors (Lipinski definition) is 4. The summed E-state index contributed by atoms with van der Waals surface area (Å²) >= 11 is 0. The predicted molar refractivity (Wildman–Crippen MR) is 512 cm³/mol. The van der Waals surface area contributed by atoms with Gasteiger partial charge in [0.05, 0.1) is 75.6 Å². The second-order valence-corrected chi connectivity index (χ2v) is 37.2. The Hall–Kier alpha value is -8.44. The molecule has 16 nitrogen and oxygen atoms in total. The smallest absolute Gasteiger partial charge is 0.142 e. The van der Waals surface area contributed by atoms with Gasteiger partial charge in [0.15, 0.2) is 0 Å². The van der Waals surface area contributed by atoms with Gasteiger partial charge in [-0.05, 0) is 222 Å². The van der Waals surface area contributed by atoms with Crippen LogP contribution >= 0.6 is 0 Å². The van der Waals surface area contributed by atoms with Crippen LogP contribution in [0, 0.1) is 46.9 Å². The van der Waals surface area contributed by atoms with E-state index >= 15 is 0 Å². The molecule has 4 heterocycles. The average Bonchev–Trinajstić information content (AvgIpc) is 0.825. The number of rotatable bonds is 32. The van der Waals surface area contributed by atoms with Crippen LogP contribution in [-0.2, 0) is 0 Å². The quantitative estimate of drug-likeness (QED) is 0.0297. The fraction of sp³-hybridized carbons (Fsp3) is 0.556. The molecule has 8 atom stereocenters. The monoisotopic (exact) mass is 1760 g/mol. The molecular weight excluding hydrogens is 1610 g/mol. The minimum atomic E-state index is -0.470. The molecule has 8 fully saturated rings. The molecule has 8 aromatic carbocycles. The van der Waals surface area contributed by atoms with E-state index in [9.17, 15) is 38.0 Å². The SMILES string of the molecule is COc1ccccc1N1CCN(CC[C@@H](c2ccccc2F)[C@@H](O)C2CCCCC2)CC1.COc1ccccc1N1CCN(CC[C@H](c2ccccc2F)[C@@H](O)C2CCCCC2)CC1.COc1ccccc1N1CCN(CC[C@H](c2ccccc2F)[C@@H](O)C2CCCCC2)CC1.COc1ccccc1N1CCN(CC[C@H](c2ccccc2F)[C@H](O)C2CCCCC2)CC1. The molecule has 4 aliphatic heterocycles. The Morgan fingerprint density at radius 2 is 0.414 bits per heavy atom. The lowest BCUT2D eigenvalue weighted by Crippen LogP contribution is -2.47. The van der Waals surface area contributed by atoms with E-state index in [1.165, 1.54) is 101 Å². The molecule has 0 unspecified atom stereocenters. The highest BCUT2D eigenvalue weighted by molar-refractivity contribution is 5.61. The highest BCUT2D eigenvalue weighted by atomic mass is 19.1. The summed E-state index contributed by atoms with van der Waals surface area (Å²) < 4.78 is 80.9. The number of nitrogens with zero attached hydrogens (tertiary/aromatic N) is 8. The molecule has 4 saturated heterocycles. The number of para-hydroxylation sites is 8. The van der Waals surface area contributed by atoms with Crippen molar-refractivity contribution < 1.29 is 56.9 Å². The topological polar surface area (TPSA) is 144 Å². The maximum Gasteiger partial charge on any atom is 0.142 e. The van der Waals surface area contributed by atoms with E-state index in [1.807, 2.05) is 97.1 Å². The van der Waals surface area contributed by atoms with Crippen LogP contribution in [0.2, 0.25) is 0 Å². The van der Waals surface area contributed by atoms with E-state index in [4.69, 9.17) is 18.9 Å². The molecule has 20 heteroatoms. The van der Waals surface area contributed by atoms with Crippen LogP contribution in [-0.4, -0.2) is 224 Å². The summed E-state index contributed by atoms with van der Waals surface area (Å²) in [6.45, 7) is 18.7. The molecule has 128 heavy (non-hydrogen) atoms. The Bertz CT molecular complexity index is 3950. The molecule has 0 amide bonds. The van der Waals surface area contributed by atoms with Gasteiger partial charge < -0.3 is 59.0 Å². The van der Waals surface area contributed by atoms with E-state index in [-0.39, 0.29) is 70.6 Å². The Morgan fingerprint density at radius 3 is 0.594 bits per heavy atom. The summed E-state index contributed by atoms with van der Waals surface area (Å²) in [7, 11) is 6.87. The van der Waals surface area contributed by atoms with E-state index in [2.05, 4.69) is 87.7 Å². The number of aliphatic hydroxyl groups is 4. The van der Waals surface area contributed by atoms with Crippen LogP contribution in [0.3, 0.4) is 0 Å². The minimum absolute atomic E-state index is 0.147. The first kappa shape index (κ1) is 97.1. The summed E-state index contributed by atoms with van der Waals surface area (Å²) in [5.41, 5.74) is 7.30. The maximum absolute atomic E-state index is 14.7. The lowest BCUT2D eigenvalue weighted by molar-refractivity contribution is 0.0524. The van der Waals surface area contributed by atoms with E-state index in [1.54, 1.807) is 52.7 Å². The second-order valence-electron chi connectivity index (χ2n) is 37.2. The zero-order valence-electron chi connectivity index (χ0n) is 77.0. The van der Waals surface area contributed by atoms with Crippen LogP contribution in [0.4, 0.5) is 40.3 Å². The molecule has 696 valence electrons. The molecule has 0 aromatic heterocycles. The molecule has 8 aromatic rings. The highest BCUT2D eigenvalue weighted by Gasteiger charge is 2.38. The van der Waals surface area contributed by atoms with Gasteiger partial charge in [0, 0.05) is 128 Å². The number of hydrogen-bond acceptors (Lipinski definition) is 16. The molecule has 4 N–H and O–H groups in total. The van der Waals surface area contributed by atoms with Gasteiger partial charge >= 0.3 is 0 Å². The summed E-state index contributed by atoms with van der Waals surface area (Å²) in [6, 6.07) is 60.8. The number of anilines is 4. The van der Waals surface area contributed by atoms with Crippen molar-refractivity contribution in [2.24, 2.45) is 23.7 Å². The van der Waals surface area contributed by atoms with Gasteiger partial charge in [0.25, 0.3) is 0 Å². The molecular formula is C108H148F4N8O8. The molecule has 8 aliphatic rings. The van der Waals surface area contributed by atoms with Gasteiger partial charge in [-0.2, -0.15) is 0 Å². The lowest BCUT2D eigenvalue weighted by Gasteiger charge is -2.38. The van der Waals surface area contributed by atoms with E-state index in [0.717, 1.165) is 254 Å². The summed E-state index contributed by atoms with van der Waals surface area (Å²) in [4.78, 5) is 19.3. The fourth-order valence-electron chi connectivity index (χ4n) is 22.1. The Kier molecular flexibility index (Phi) is 38.6. The van der Waals surface area contributed by atoms with Crippen molar-refractivity contribution in [3.63, 3.8) is 0 Å². The number of ether oxygens (including phenoxy) is 4. The number of piperazine rings is 4. The van der Waals surface area contributed by atoms with Crippen molar-refractivity contribution in [1.29, 1.82) is 0 Å². The molecule has 0 spiro atoms. The van der Waals surface area contributed by atoms with Gasteiger partial charge in [0.2, 0.25) is 0 Å². The first-order valence-corrected chi connectivity index (χ1v) is 48.8. The molecule has 0 bridgehead atoms. The number of methoxy groups -OCH3 is 4. The van der Waals surface area contributed by atoms with E-state index < -0.39 is 24.4 Å². The average molecular weight is 1760 g/mol. The van der Waals surface area contributed by atoms with Crippen molar-refractivity contribution in [2.75, 3.05) is 179 Å². The first-order chi connectivity index (χ1) is 62.7. The van der Waals surface area contributed by atoms with Crippen LogP contribution in [0.5, 0.6) is 23.0 Å². The van der Waals surface area contributed by atoms with Crippen LogP contribution in [0.1, 0.15) is 200 Å². The normalized spacial score (nSPS) is 20.2. The van der Waals surface area contributed by atoms with Gasteiger partial charge in [0.1, 0.15) is 46.3 Å². The third kappa shape index (κ3) is 26.9. The zero-order valence-corrected chi connectivity index (χ0v) is 77.0. The molecule has 0 radical (unpaired) electrons. The minimum Gasteiger partial charge on any atom is -0.495 e. The van der Waals surface area contributed by atoms with Crippen molar-refractivity contribution in [3.8, 4) is 23.0 Å². The van der Waals surface area contributed by atoms with Crippen LogP contribution in [0.25, 0.3) is 0 Å². The molecule has 4 aliphatic carbocycles. The largest absolute Gasteiger partial charge is 0.495 e. The third-order valence-corrected chi connectivity index (χ3v) is 29.6. The summed E-state index contributed by atoms with van der Waals surface area (Å²) in [5.74, 6) is 3.47.